The molecule has 0 aromatic carbocycles. The largest absolute Gasteiger partial charge is 0.383 e. The highest BCUT2D eigenvalue weighted by molar-refractivity contribution is 8.00. The third kappa shape index (κ3) is 2.48. The Morgan fingerprint density at radius 1 is 1.57 bits per heavy atom. The SMILES string of the molecule is CCSC1CC(=O)N(CCOC)C1=O. The molecule has 0 aromatic rings. The van der Waals surface area contributed by atoms with Crippen molar-refractivity contribution in [3.8, 4) is 0 Å². The van der Waals surface area contributed by atoms with Crippen molar-refractivity contribution >= 4 is 23.6 Å². The van der Waals surface area contributed by atoms with Crippen molar-refractivity contribution < 1.29 is 14.3 Å². The van der Waals surface area contributed by atoms with Crippen LogP contribution in [-0.4, -0.2) is 48.0 Å². The van der Waals surface area contributed by atoms with Gasteiger partial charge in [-0.2, -0.15) is 0 Å². The van der Waals surface area contributed by atoms with Gasteiger partial charge in [0, 0.05) is 13.5 Å². The first-order chi connectivity index (χ1) is 6.70. The minimum Gasteiger partial charge on any atom is -0.383 e. The van der Waals surface area contributed by atoms with Crippen LogP contribution in [0.15, 0.2) is 0 Å². The highest BCUT2D eigenvalue weighted by Crippen LogP contribution is 2.24. The zero-order valence-electron chi connectivity index (χ0n) is 8.49. The molecular weight excluding hydrogens is 202 g/mol. The lowest BCUT2D eigenvalue weighted by molar-refractivity contribution is -0.138. The van der Waals surface area contributed by atoms with Crippen molar-refractivity contribution in [2.45, 2.75) is 18.6 Å². The number of hydrogen-bond acceptors (Lipinski definition) is 4. The molecule has 1 fully saturated rings. The summed E-state index contributed by atoms with van der Waals surface area (Å²) in [5, 5.41) is -0.163. The standard InChI is InChI=1S/C9H15NO3S/c1-3-14-7-6-8(11)10(9(7)12)4-5-13-2/h7H,3-6H2,1-2H3. The van der Waals surface area contributed by atoms with Crippen LogP contribution >= 0.6 is 11.8 Å². The van der Waals surface area contributed by atoms with Gasteiger partial charge in [0.05, 0.1) is 18.4 Å². The van der Waals surface area contributed by atoms with Crippen molar-refractivity contribution in [2.75, 3.05) is 26.0 Å². The van der Waals surface area contributed by atoms with E-state index in [0.29, 0.717) is 19.6 Å². The van der Waals surface area contributed by atoms with Gasteiger partial charge >= 0.3 is 0 Å². The summed E-state index contributed by atoms with van der Waals surface area (Å²) in [5.41, 5.74) is 0. The fourth-order valence-electron chi connectivity index (χ4n) is 1.40. The molecule has 0 saturated carbocycles. The van der Waals surface area contributed by atoms with Crippen molar-refractivity contribution in [1.82, 2.24) is 4.90 Å². The molecular formula is C9H15NO3S. The fraction of sp³-hybridized carbons (Fsp3) is 0.778. The van der Waals surface area contributed by atoms with E-state index in [0.717, 1.165) is 5.75 Å². The molecule has 1 atom stereocenters. The molecule has 0 aromatic heterocycles. The van der Waals surface area contributed by atoms with Crippen molar-refractivity contribution in [2.24, 2.45) is 0 Å². The van der Waals surface area contributed by atoms with E-state index in [1.54, 1.807) is 7.11 Å². The maximum atomic E-state index is 11.6. The lowest BCUT2D eigenvalue weighted by Crippen LogP contribution is -2.34. The van der Waals surface area contributed by atoms with E-state index in [-0.39, 0.29) is 17.1 Å². The third-order valence-electron chi connectivity index (χ3n) is 2.09. The summed E-state index contributed by atoms with van der Waals surface area (Å²) in [7, 11) is 1.56. The number of hydrogen-bond donors (Lipinski definition) is 0. The molecule has 1 unspecified atom stereocenters. The molecule has 1 aliphatic rings. The number of methoxy groups -OCH3 is 1. The maximum absolute atomic E-state index is 11.6. The average molecular weight is 217 g/mol. The van der Waals surface area contributed by atoms with Gasteiger partial charge < -0.3 is 4.74 Å². The van der Waals surface area contributed by atoms with Crippen molar-refractivity contribution in [3.63, 3.8) is 0 Å². The molecule has 14 heavy (non-hydrogen) atoms. The van der Waals surface area contributed by atoms with Crippen LogP contribution in [0.4, 0.5) is 0 Å². The summed E-state index contributed by atoms with van der Waals surface area (Å²) in [6, 6.07) is 0. The average Bonchev–Trinajstić information content (AvgIpc) is 2.41. The van der Waals surface area contributed by atoms with Gasteiger partial charge in [0.15, 0.2) is 0 Å². The highest BCUT2D eigenvalue weighted by atomic mass is 32.2. The molecule has 5 heteroatoms. The summed E-state index contributed by atoms with van der Waals surface area (Å²) in [5.74, 6) is 0.735. The third-order valence-corrected chi connectivity index (χ3v) is 3.19. The Kier molecular flexibility index (Phi) is 4.41. The first kappa shape index (κ1) is 11.5. The fourth-order valence-corrected chi connectivity index (χ4v) is 2.33. The summed E-state index contributed by atoms with van der Waals surface area (Å²) >= 11 is 1.54. The second-order valence-electron chi connectivity index (χ2n) is 3.02. The van der Waals surface area contributed by atoms with Gasteiger partial charge in [-0.15, -0.1) is 11.8 Å². The van der Waals surface area contributed by atoms with Crippen LogP contribution in [0.5, 0.6) is 0 Å². The quantitative estimate of drug-likeness (QED) is 0.630. The summed E-state index contributed by atoms with van der Waals surface area (Å²) in [6.45, 7) is 2.79. The van der Waals surface area contributed by atoms with E-state index in [9.17, 15) is 9.59 Å². The Hall–Kier alpha value is -0.550. The Morgan fingerprint density at radius 3 is 2.86 bits per heavy atom. The molecule has 1 heterocycles. The summed E-state index contributed by atoms with van der Waals surface area (Å²) in [4.78, 5) is 24.4. The molecule has 0 bridgehead atoms. The summed E-state index contributed by atoms with van der Waals surface area (Å²) in [6.07, 6.45) is 0.348. The van der Waals surface area contributed by atoms with E-state index >= 15 is 0 Å². The van der Waals surface area contributed by atoms with Crippen LogP contribution in [0.3, 0.4) is 0 Å². The molecule has 0 radical (unpaired) electrons. The number of carbonyl (C=O) groups is 2. The molecule has 4 nitrogen and oxygen atoms in total. The van der Waals surface area contributed by atoms with Gasteiger partial charge in [-0.1, -0.05) is 6.92 Å². The minimum atomic E-state index is -0.163. The second-order valence-corrected chi connectivity index (χ2v) is 4.50. The minimum absolute atomic E-state index is 0.0566. The highest BCUT2D eigenvalue weighted by Gasteiger charge is 2.37. The van der Waals surface area contributed by atoms with Gasteiger partial charge in [0.1, 0.15) is 0 Å². The van der Waals surface area contributed by atoms with Crippen molar-refractivity contribution in [3.05, 3.63) is 0 Å². The lowest BCUT2D eigenvalue weighted by atomic mass is 10.4. The topological polar surface area (TPSA) is 46.6 Å². The van der Waals surface area contributed by atoms with Crippen LogP contribution < -0.4 is 0 Å². The van der Waals surface area contributed by atoms with E-state index < -0.39 is 0 Å². The number of amides is 2. The van der Waals surface area contributed by atoms with E-state index in [2.05, 4.69) is 0 Å². The molecule has 80 valence electrons. The van der Waals surface area contributed by atoms with Gasteiger partial charge in [-0.25, -0.2) is 0 Å². The normalized spacial score (nSPS) is 22.1. The zero-order chi connectivity index (χ0) is 10.6. The van der Waals surface area contributed by atoms with Gasteiger partial charge in [0.2, 0.25) is 11.8 Å². The number of nitrogens with zero attached hydrogens (tertiary/aromatic N) is 1. The first-order valence-electron chi connectivity index (χ1n) is 4.65. The predicted molar refractivity (Wildman–Crippen MR) is 55.1 cm³/mol. The smallest absolute Gasteiger partial charge is 0.242 e. The number of rotatable bonds is 5. The lowest BCUT2D eigenvalue weighted by Gasteiger charge is -2.13. The Bertz CT molecular complexity index is 232. The molecule has 1 saturated heterocycles. The van der Waals surface area contributed by atoms with E-state index in [4.69, 9.17) is 4.74 Å². The molecule has 0 aliphatic carbocycles. The second kappa shape index (κ2) is 5.36. The molecule has 0 N–H and O–H groups in total. The van der Waals surface area contributed by atoms with Crippen molar-refractivity contribution in [1.29, 1.82) is 0 Å². The summed E-state index contributed by atoms with van der Waals surface area (Å²) < 4.78 is 4.84. The maximum Gasteiger partial charge on any atom is 0.242 e. The number of likely N-dealkylation sites (tertiary alicyclic amines) is 1. The Labute approximate surface area is 88.0 Å². The monoisotopic (exact) mass is 217 g/mol. The Morgan fingerprint density at radius 2 is 2.29 bits per heavy atom. The molecule has 2 amide bonds. The molecule has 1 aliphatic heterocycles. The van der Waals surface area contributed by atoms with E-state index in [1.165, 1.54) is 16.7 Å². The predicted octanol–water partition coefficient (Wildman–Crippen LogP) is 0.513. The number of imide groups is 1. The zero-order valence-corrected chi connectivity index (χ0v) is 9.30. The van der Waals surface area contributed by atoms with Gasteiger partial charge in [0.25, 0.3) is 0 Å². The number of thioether (sulfide) groups is 1. The Balaban J connectivity index is 2.52. The van der Waals surface area contributed by atoms with Gasteiger partial charge in [-0.05, 0) is 5.75 Å². The molecule has 1 rings (SSSR count). The van der Waals surface area contributed by atoms with Crippen LogP contribution in [0.2, 0.25) is 0 Å². The molecule has 0 spiro atoms. The van der Waals surface area contributed by atoms with E-state index in [1.807, 2.05) is 6.92 Å². The van der Waals surface area contributed by atoms with Crippen LogP contribution in [0.25, 0.3) is 0 Å². The van der Waals surface area contributed by atoms with Crippen LogP contribution in [0, 0.1) is 0 Å². The van der Waals surface area contributed by atoms with Crippen LogP contribution in [0.1, 0.15) is 13.3 Å². The van der Waals surface area contributed by atoms with Gasteiger partial charge in [-0.3, -0.25) is 14.5 Å². The van der Waals surface area contributed by atoms with Crippen LogP contribution in [-0.2, 0) is 14.3 Å². The number of ether oxygens (including phenoxy) is 1. The first-order valence-corrected chi connectivity index (χ1v) is 5.70. The number of carbonyl (C=O) groups excluding carboxylic acids is 2.